The van der Waals surface area contributed by atoms with Gasteiger partial charge in [-0.25, -0.2) is 10.4 Å². The van der Waals surface area contributed by atoms with E-state index in [4.69, 9.17) is 5.84 Å². The third-order valence-electron chi connectivity index (χ3n) is 2.89. The van der Waals surface area contributed by atoms with E-state index in [1.807, 2.05) is 35.7 Å². The Morgan fingerprint density at radius 3 is 2.83 bits per heavy atom. The van der Waals surface area contributed by atoms with E-state index < -0.39 is 0 Å². The maximum atomic E-state index is 5.67. The van der Waals surface area contributed by atoms with Gasteiger partial charge in [0.1, 0.15) is 0 Å². The van der Waals surface area contributed by atoms with Gasteiger partial charge in [0, 0.05) is 22.5 Å². The molecule has 0 bridgehead atoms. The molecule has 1 aromatic carbocycles. The molecule has 0 spiro atoms. The van der Waals surface area contributed by atoms with Crippen molar-refractivity contribution in [2.45, 2.75) is 6.04 Å². The maximum Gasteiger partial charge on any atom is 0.0910 e. The summed E-state index contributed by atoms with van der Waals surface area (Å²) in [5, 5.41) is 3.09. The van der Waals surface area contributed by atoms with E-state index in [0.717, 1.165) is 22.2 Å². The van der Waals surface area contributed by atoms with Crippen molar-refractivity contribution in [3.63, 3.8) is 0 Å². The van der Waals surface area contributed by atoms with Crippen LogP contribution in [0.1, 0.15) is 17.3 Å². The SMILES string of the molecule is NNC(c1cscn1)c1cccc2cccnc12. The quantitative estimate of drug-likeness (QED) is 0.557. The molecule has 1 atom stereocenters. The first-order valence-electron chi connectivity index (χ1n) is 5.58. The number of hydrogen-bond donors (Lipinski definition) is 2. The Balaban J connectivity index is 2.18. The number of nitrogens with zero attached hydrogens (tertiary/aromatic N) is 2. The van der Waals surface area contributed by atoms with Gasteiger partial charge in [0.2, 0.25) is 0 Å². The number of hydrazine groups is 1. The smallest absolute Gasteiger partial charge is 0.0910 e. The molecule has 0 aliphatic heterocycles. The lowest BCUT2D eigenvalue weighted by atomic mass is 10.0. The fourth-order valence-corrected chi connectivity index (χ4v) is 2.64. The highest BCUT2D eigenvalue weighted by Crippen LogP contribution is 2.26. The molecule has 4 nitrogen and oxygen atoms in total. The van der Waals surface area contributed by atoms with E-state index in [2.05, 4.69) is 15.4 Å². The summed E-state index contributed by atoms with van der Waals surface area (Å²) in [5.74, 6) is 5.67. The molecule has 0 fully saturated rings. The normalized spacial score (nSPS) is 12.7. The second-order valence-electron chi connectivity index (χ2n) is 3.94. The van der Waals surface area contributed by atoms with Crippen LogP contribution in [-0.2, 0) is 0 Å². The molecule has 2 aromatic heterocycles. The summed E-state index contributed by atoms with van der Waals surface area (Å²) in [6.45, 7) is 0. The second kappa shape index (κ2) is 4.81. The summed E-state index contributed by atoms with van der Waals surface area (Å²) in [5.41, 5.74) is 7.54. The number of thiazole rings is 1. The number of nitrogens with one attached hydrogen (secondary N) is 1. The first-order chi connectivity index (χ1) is 8.90. The zero-order valence-electron chi connectivity index (χ0n) is 9.58. The lowest BCUT2D eigenvalue weighted by Gasteiger charge is -2.15. The van der Waals surface area contributed by atoms with Crippen molar-refractivity contribution in [3.8, 4) is 0 Å². The number of nitrogens with two attached hydrogens (primary N) is 1. The van der Waals surface area contributed by atoms with Gasteiger partial charge in [0.05, 0.1) is 22.8 Å². The number of rotatable bonds is 3. The third-order valence-corrected chi connectivity index (χ3v) is 3.49. The minimum absolute atomic E-state index is 0.130. The molecule has 3 aromatic rings. The fourth-order valence-electron chi connectivity index (χ4n) is 2.06. The summed E-state index contributed by atoms with van der Waals surface area (Å²) in [4.78, 5) is 8.76. The van der Waals surface area contributed by atoms with Crippen molar-refractivity contribution in [2.24, 2.45) is 5.84 Å². The van der Waals surface area contributed by atoms with Crippen molar-refractivity contribution < 1.29 is 0 Å². The molecule has 3 N–H and O–H groups in total. The first kappa shape index (κ1) is 11.3. The highest BCUT2D eigenvalue weighted by molar-refractivity contribution is 7.07. The van der Waals surface area contributed by atoms with Crippen LogP contribution in [0.4, 0.5) is 0 Å². The average Bonchev–Trinajstić information content (AvgIpc) is 2.94. The molecule has 90 valence electrons. The molecule has 0 aliphatic carbocycles. The van der Waals surface area contributed by atoms with Gasteiger partial charge in [-0.05, 0) is 6.07 Å². The number of benzene rings is 1. The number of pyridine rings is 1. The van der Waals surface area contributed by atoms with Crippen molar-refractivity contribution >= 4 is 22.2 Å². The van der Waals surface area contributed by atoms with E-state index in [9.17, 15) is 0 Å². The van der Waals surface area contributed by atoms with Gasteiger partial charge in [0.15, 0.2) is 0 Å². The summed E-state index contributed by atoms with van der Waals surface area (Å²) in [6, 6.07) is 9.92. The van der Waals surface area contributed by atoms with Gasteiger partial charge in [0.25, 0.3) is 0 Å². The van der Waals surface area contributed by atoms with E-state index in [1.54, 1.807) is 23.0 Å². The Kier molecular flexibility index (Phi) is 3.02. The predicted octanol–water partition coefficient (Wildman–Crippen LogP) is 2.24. The Hall–Kier alpha value is -1.82. The van der Waals surface area contributed by atoms with Gasteiger partial charge >= 0.3 is 0 Å². The summed E-state index contributed by atoms with van der Waals surface area (Å²) in [7, 11) is 0. The maximum absolute atomic E-state index is 5.67. The fraction of sp³-hybridized carbons (Fsp3) is 0.0769. The van der Waals surface area contributed by atoms with Crippen LogP contribution in [0.2, 0.25) is 0 Å². The Bertz CT molecular complexity index is 646. The zero-order valence-corrected chi connectivity index (χ0v) is 10.4. The minimum atomic E-state index is -0.130. The summed E-state index contributed by atoms with van der Waals surface area (Å²) < 4.78 is 0. The van der Waals surface area contributed by atoms with Crippen LogP contribution in [0, 0.1) is 0 Å². The molecule has 0 saturated carbocycles. The topological polar surface area (TPSA) is 63.8 Å². The highest BCUT2D eigenvalue weighted by Gasteiger charge is 2.17. The summed E-state index contributed by atoms with van der Waals surface area (Å²) in [6.07, 6.45) is 1.79. The largest absolute Gasteiger partial charge is 0.271 e. The Morgan fingerprint density at radius 1 is 1.17 bits per heavy atom. The van der Waals surface area contributed by atoms with Crippen LogP contribution in [0.25, 0.3) is 10.9 Å². The molecular formula is C13H12N4S. The van der Waals surface area contributed by atoms with Crippen LogP contribution >= 0.6 is 11.3 Å². The number of para-hydroxylation sites is 1. The second-order valence-corrected chi connectivity index (χ2v) is 4.65. The molecule has 0 amide bonds. The number of fused-ring (bicyclic) bond motifs is 1. The molecule has 0 aliphatic rings. The van der Waals surface area contributed by atoms with E-state index in [1.165, 1.54) is 0 Å². The number of aromatic nitrogens is 2. The van der Waals surface area contributed by atoms with Crippen molar-refractivity contribution in [1.82, 2.24) is 15.4 Å². The molecule has 5 heteroatoms. The van der Waals surface area contributed by atoms with Crippen LogP contribution < -0.4 is 11.3 Å². The summed E-state index contributed by atoms with van der Waals surface area (Å²) >= 11 is 1.56. The zero-order chi connectivity index (χ0) is 12.4. The molecule has 0 saturated heterocycles. The van der Waals surface area contributed by atoms with Crippen LogP contribution in [0.3, 0.4) is 0 Å². The highest BCUT2D eigenvalue weighted by atomic mass is 32.1. The average molecular weight is 256 g/mol. The molecule has 18 heavy (non-hydrogen) atoms. The lowest BCUT2D eigenvalue weighted by molar-refractivity contribution is 0.627. The standard InChI is InChI=1S/C13H12N4S/c14-17-13(11-7-18-8-16-11)10-5-1-3-9-4-2-6-15-12(9)10/h1-8,13,17H,14H2. The Labute approximate surface area is 108 Å². The van der Waals surface area contributed by atoms with E-state index >= 15 is 0 Å². The van der Waals surface area contributed by atoms with Gasteiger partial charge in [-0.3, -0.25) is 10.8 Å². The lowest BCUT2D eigenvalue weighted by Crippen LogP contribution is -2.29. The minimum Gasteiger partial charge on any atom is -0.271 e. The molecule has 2 heterocycles. The van der Waals surface area contributed by atoms with Crippen LogP contribution in [-0.4, -0.2) is 9.97 Å². The van der Waals surface area contributed by atoms with Crippen molar-refractivity contribution in [3.05, 3.63) is 58.7 Å². The monoisotopic (exact) mass is 256 g/mol. The Morgan fingerprint density at radius 2 is 2.06 bits per heavy atom. The van der Waals surface area contributed by atoms with Gasteiger partial charge in [-0.2, -0.15) is 0 Å². The van der Waals surface area contributed by atoms with Gasteiger partial charge in [-0.15, -0.1) is 11.3 Å². The molecular weight excluding hydrogens is 244 g/mol. The molecule has 1 unspecified atom stereocenters. The van der Waals surface area contributed by atoms with Crippen LogP contribution in [0.15, 0.2) is 47.4 Å². The third kappa shape index (κ3) is 1.88. The van der Waals surface area contributed by atoms with Crippen LogP contribution in [0.5, 0.6) is 0 Å². The molecule has 0 radical (unpaired) electrons. The van der Waals surface area contributed by atoms with E-state index in [-0.39, 0.29) is 6.04 Å². The number of hydrogen-bond acceptors (Lipinski definition) is 5. The van der Waals surface area contributed by atoms with E-state index in [0.29, 0.717) is 0 Å². The van der Waals surface area contributed by atoms with Gasteiger partial charge < -0.3 is 0 Å². The van der Waals surface area contributed by atoms with Gasteiger partial charge in [-0.1, -0.05) is 24.3 Å². The predicted molar refractivity (Wildman–Crippen MR) is 73.0 cm³/mol. The molecule has 3 rings (SSSR count). The van der Waals surface area contributed by atoms with Crippen molar-refractivity contribution in [2.75, 3.05) is 0 Å². The van der Waals surface area contributed by atoms with Crippen molar-refractivity contribution in [1.29, 1.82) is 0 Å². The first-order valence-corrected chi connectivity index (χ1v) is 6.52.